The molecule has 1 heterocycles. The van der Waals surface area contributed by atoms with Crippen LogP contribution in [0.1, 0.15) is 37.2 Å². The minimum atomic E-state index is -0.728. The molecular formula is C13H21NO2. The molecule has 0 fully saturated rings. The number of aryl methyl sites for hydroxylation is 2. The Morgan fingerprint density at radius 3 is 2.56 bits per heavy atom. The van der Waals surface area contributed by atoms with E-state index in [2.05, 4.69) is 38.3 Å². The predicted molar refractivity (Wildman–Crippen MR) is 64.7 cm³/mol. The molecule has 90 valence electrons. The molecule has 0 aliphatic carbocycles. The van der Waals surface area contributed by atoms with Gasteiger partial charge < -0.3 is 9.67 Å². The van der Waals surface area contributed by atoms with Gasteiger partial charge in [0.05, 0.1) is 0 Å². The average molecular weight is 223 g/mol. The summed E-state index contributed by atoms with van der Waals surface area (Å²) in [5, 5.41) is 8.68. The lowest BCUT2D eigenvalue weighted by atomic mass is 10.1. The lowest BCUT2D eigenvalue weighted by Gasteiger charge is -2.12. The van der Waals surface area contributed by atoms with Gasteiger partial charge in [-0.25, -0.2) is 0 Å². The molecule has 0 bridgehead atoms. The van der Waals surface area contributed by atoms with Crippen LogP contribution in [0, 0.1) is 19.8 Å². The molecule has 0 radical (unpaired) electrons. The molecule has 0 unspecified atom stereocenters. The summed E-state index contributed by atoms with van der Waals surface area (Å²) in [6.07, 6.45) is 0.846. The third kappa shape index (κ3) is 3.12. The smallest absolute Gasteiger partial charge is 0.303 e. The number of hydrogen-bond donors (Lipinski definition) is 1. The number of rotatable bonds is 5. The first-order valence-corrected chi connectivity index (χ1v) is 5.79. The highest BCUT2D eigenvalue weighted by Gasteiger charge is 2.10. The highest BCUT2D eigenvalue weighted by Crippen LogP contribution is 2.18. The van der Waals surface area contributed by atoms with Gasteiger partial charge in [-0.05, 0) is 37.8 Å². The van der Waals surface area contributed by atoms with Gasteiger partial charge >= 0.3 is 5.97 Å². The highest BCUT2D eigenvalue weighted by molar-refractivity contribution is 5.67. The van der Waals surface area contributed by atoms with Crippen LogP contribution in [0.15, 0.2) is 6.07 Å². The van der Waals surface area contributed by atoms with Gasteiger partial charge in [-0.1, -0.05) is 13.8 Å². The van der Waals surface area contributed by atoms with Crippen LogP contribution in [0.3, 0.4) is 0 Å². The Kier molecular flexibility index (Phi) is 4.16. The Hall–Kier alpha value is -1.25. The third-order valence-corrected chi connectivity index (χ3v) is 2.83. The molecule has 0 aliphatic rings. The maximum absolute atomic E-state index is 10.5. The molecule has 1 rings (SSSR count). The predicted octanol–water partition coefficient (Wildman–Crippen LogP) is 2.78. The van der Waals surface area contributed by atoms with Crippen molar-refractivity contribution in [3.63, 3.8) is 0 Å². The first kappa shape index (κ1) is 12.8. The minimum absolute atomic E-state index is 0.214. The molecule has 1 aromatic heterocycles. The average Bonchev–Trinajstić information content (AvgIpc) is 2.42. The third-order valence-electron chi connectivity index (χ3n) is 2.83. The van der Waals surface area contributed by atoms with Gasteiger partial charge in [-0.15, -0.1) is 0 Å². The summed E-state index contributed by atoms with van der Waals surface area (Å²) in [6, 6.07) is 2.11. The zero-order valence-electron chi connectivity index (χ0n) is 10.6. The molecule has 0 aliphatic heterocycles. The highest BCUT2D eigenvalue weighted by atomic mass is 16.4. The van der Waals surface area contributed by atoms with E-state index in [0.717, 1.165) is 6.54 Å². The number of hydrogen-bond acceptors (Lipinski definition) is 1. The molecule has 3 nitrogen and oxygen atoms in total. The van der Waals surface area contributed by atoms with Crippen LogP contribution in [0.25, 0.3) is 0 Å². The van der Waals surface area contributed by atoms with Gasteiger partial charge in [0.1, 0.15) is 0 Å². The fourth-order valence-electron chi connectivity index (χ4n) is 2.01. The topological polar surface area (TPSA) is 42.2 Å². The van der Waals surface area contributed by atoms with Crippen molar-refractivity contribution in [2.45, 2.75) is 47.1 Å². The number of carboxylic acid groups (broad SMARTS) is 1. The summed E-state index contributed by atoms with van der Waals surface area (Å²) in [4.78, 5) is 10.5. The van der Waals surface area contributed by atoms with E-state index < -0.39 is 5.97 Å². The second-order valence-corrected chi connectivity index (χ2v) is 4.79. The van der Waals surface area contributed by atoms with Crippen molar-refractivity contribution in [1.29, 1.82) is 0 Å². The van der Waals surface area contributed by atoms with Gasteiger partial charge in [0, 0.05) is 24.4 Å². The van der Waals surface area contributed by atoms with Crippen LogP contribution in [-0.2, 0) is 17.8 Å². The van der Waals surface area contributed by atoms with Crippen molar-refractivity contribution in [2.24, 2.45) is 5.92 Å². The Balaban J connectivity index is 2.84. The van der Waals surface area contributed by atoms with Crippen LogP contribution < -0.4 is 0 Å². The maximum Gasteiger partial charge on any atom is 0.303 e. The summed E-state index contributed by atoms with van der Waals surface area (Å²) in [5.74, 6) is -0.120. The molecule has 0 aromatic carbocycles. The van der Waals surface area contributed by atoms with Crippen molar-refractivity contribution in [3.8, 4) is 0 Å². The standard InChI is InChI=1S/C13H21NO2/c1-9(2)8-14-10(3)7-12(11(14)4)5-6-13(15)16/h7,9H,5-6,8H2,1-4H3,(H,15,16). The van der Waals surface area contributed by atoms with Gasteiger partial charge in [0.2, 0.25) is 0 Å². The molecule has 1 N–H and O–H groups in total. The first-order chi connectivity index (χ1) is 7.41. The number of nitrogens with zero attached hydrogens (tertiary/aromatic N) is 1. The van der Waals surface area contributed by atoms with Gasteiger partial charge in [0.25, 0.3) is 0 Å². The van der Waals surface area contributed by atoms with Crippen molar-refractivity contribution in [2.75, 3.05) is 0 Å². The number of aromatic nitrogens is 1. The minimum Gasteiger partial charge on any atom is -0.481 e. The summed E-state index contributed by atoms with van der Waals surface area (Å²) in [5.41, 5.74) is 3.61. The van der Waals surface area contributed by atoms with Crippen LogP contribution in [0.2, 0.25) is 0 Å². The van der Waals surface area contributed by atoms with Crippen molar-refractivity contribution < 1.29 is 9.90 Å². The maximum atomic E-state index is 10.5. The number of aliphatic carboxylic acids is 1. The number of carbonyl (C=O) groups is 1. The first-order valence-electron chi connectivity index (χ1n) is 5.79. The molecule has 0 saturated heterocycles. The quantitative estimate of drug-likeness (QED) is 0.834. The van der Waals surface area contributed by atoms with E-state index in [0.29, 0.717) is 12.3 Å². The molecule has 0 atom stereocenters. The Bertz CT molecular complexity index is 378. The second-order valence-electron chi connectivity index (χ2n) is 4.79. The summed E-state index contributed by atoms with van der Waals surface area (Å²) in [6.45, 7) is 9.54. The normalized spacial score (nSPS) is 11.1. The molecule has 0 spiro atoms. The lowest BCUT2D eigenvalue weighted by molar-refractivity contribution is -0.136. The molecule has 0 saturated carbocycles. The molecule has 0 amide bonds. The van der Waals surface area contributed by atoms with E-state index in [1.54, 1.807) is 0 Å². The summed E-state index contributed by atoms with van der Waals surface area (Å²) >= 11 is 0. The van der Waals surface area contributed by atoms with E-state index in [-0.39, 0.29) is 6.42 Å². The lowest BCUT2D eigenvalue weighted by Crippen LogP contribution is -2.08. The second kappa shape index (κ2) is 5.19. The van der Waals surface area contributed by atoms with Crippen LogP contribution in [0.4, 0.5) is 0 Å². The van der Waals surface area contributed by atoms with Gasteiger partial charge in [-0.3, -0.25) is 4.79 Å². The molecule has 3 heteroatoms. The van der Waals surface area contributed by atoms with Crippen molar-refractivity contribution >= 4 is 5.97 Å². The van der Waals surface area contributed by atoms with Crippen molar-refractivity contribution in [3.05, 3.63) is 23.0 Å². The van der Waals surface area contributed by atoms with Crippen LogP contribution in [-0.4, -0.2) is 15.6 Å². The van der Waals surface area contributed by atoms with E-state index in [1.807, 2.05) is 0 Å². The largest absolute Gasteiger partial charge is 0.481 e. The van der Waals surface area contributed by atoms with E-state index in [9.17, 15) is 4.79 Å². The van der Waals surface area contributed by atoms with Crippen molar-refractivity contribution in [1.82, 2.24) is 4.57 Å². The Morgan fingerprint density at radius 2 is 2.06 bits per heavy atom. The van der Waals surface area contributed by atoms with Crippen LogP contribution >= 0.6 is 0 Å². The van der Waals surface area contributed by atoms with E-state index in [4.69, 9.17) is 5.11 Å². The Labute approximate surface area is 97.1 Å². The fraction of sp³-hybridized carbons (Fsp3) is 0.615. The molecule has 16 heavy (non-hydrogen) atoms. The van der Waals surface area contributed by atoms with Gasteiger partial charge in [-0.2, -0.15) is 0 Å². The molecular weight excluding hydrogens is 202 g/mol. The number of carboxylic acids is 1. The monoisotopic (exact) mass is 223 g/mol. The van der Waals surface area contributed by atoms with E-state index in [1.165, 1.54) is 17.0 Å². The Morgan fingerprint density at radius 1 is 1.44 bits per heavy atom. The van der Waals surface area contributed by atoms with E-state index >= 15 is 0 Å². The summed E-state index contributed by atoms with van der Waals surface area (Å²) in [7, 11) is 0. The van der Waals surface area contributed by atoms with Crippen LogP contribution in [0.5, 0.6) is 0 Å². The SMILES string of the molecule is Cc1cc(CCC(=O)O)c(C)n1CC(C)C. The van der Waals surface area contributed by atoms with Gasteiger partial charge in [0.15, 0.2) is 0 Å². The molecule has 1 aromatic rings. The zero-order chi connectivity index (χ0) is 12.3. The summed E-state index contributed by atoms with van der Waals surface area (Å²) < 4.78 is 2.28. The fourth-order valence-corrected chi connectivity index (χ4v) is 2.01. The zero-order valence-corrected chi connectivity index (χ0v) is 10.6.